The van der Waals surface area contributed by atoms with E-state index in [4.69, 9.17) is 0 Å². The fourth-order valence-corrected chi connectivity index (χ4v) is 1.89. The zero-order chi connectivity index (χ0) is 13.1. The van der Waals surface area contributed by atoms with Crippen molar-refractivity contribution >= 4 is 21.7 Å². The predicted molar refractivity (Wildman–Crippen MR) is 68.9 cm³/mol. The van der Waals surface area contributed by atoms with Crippen molar-refractivity contribution in [2.45, 2.75) is 13.3 Å². The lowest BCUT2D eigenvalue weighted by Gasteiger charge is -2.02. The van der Waals surface area contributed by atoms with Gasteiger partial charge in [0.15, 0.2) is 5.78 Å². The molecule has 3 nitrogen and oxygen atoms in total. The number of ketones is 1. The Balaban J connectivity index is 2.16. The molecule has 0 spiro atoms. The van der Waals surface area contributed by atoms with Gasteiger partial charge in [-0.05, 0) is 40.5 Å². The fraction of sp³-hybridized carbons (Fsp3) is 0.154. The molecule has 92 valence electrons. The smallest absolute Gasteiger partial charge is 0.187 e. The number of Topliss-reactive ketones (excluding diaryl/α,β-unsaturated/α-hetero) is 1. The van der Waals surface area contributed by atoms with Crippen LogP contribution in [0.4, 0.5) is 4.39 Å². The highest BCUT2D eigenvalue weighted by molar-refractivity contribution is 9.10. The van der Waals surface area contributed by atoms with Crippen LogP contribution in [0, 0.1) is 12.7 Å². The first-order valence-corrected chi connectivity index (χ1v) is 6.11. The molecular formula is C13H10BrFN2O. The number of benzene rings is 1. The number of aromatic nitrogens is 2. The largest absolute Gasteiger partial charge is 0.292 e. The zero-order valence-electron chi connectivity index (χ0n) is 9.65. The van der Waals surface area contributed by atoms with Crippen LogP contribution < -0.4 is 0 Å². The molecule has 0 atom stereocenters. The van der Waals surface area contributed by atoms with E-state index in [9.17, 15) is 9.18 Å². The molecule has 18 heavy (non-hydrogen) atoms. The summed E-state index contributed by atoms with van der Waals surface area (Å²) in [5.41, 5.74) is 1.81. The molecule has 0 unspecified atom stereocenters. The number of hydrogen-bond donors (Lipinski definition) is 0. The van der Waals surface area contributed by atoms with Gasteiger partial charge in [-0.2, -0.15) is 0 Å². The Morgan fingerprint density at radius 1 is 1.33 bits per heavy atom. The summed E-state index contributed by atoms with van der Waals surface area (Å²) in [5.74, 6) is -0.484. The molecule has 0 aliphatic carbocycles. The van der Waals surface area contributed by atoms with Crippen molar-refractivity contribution in [3.05, 3.63) is 57.8 Å². The van der Waals surface area contributed by atoms with E-state index in [-0.39, 0.29) is 18.0 Å². The normalized spacial score (nSPS) is 10.4. The van der Waals surface area contributed by atoms with Gasteiger partial charge in [-0.3, -0.25) is 9.78 Å². The Labute approximate surface area is 112 Å². The van der Waals surface area contributed by atoms with Gasteiger partial charge in [0.2, 0.25) is 0 Å². The molecule has 0 saturated carbocycles. The summed E-state index contributed by atoms with van der Waals surface area (Å²) in [6, 6.07) is 4.50. The van der Waals surface area contributed by atoms with Crippen molar-refractivity contribution in [1.29, 1.82) is 0 Å². The number of rotatable bonds is 3. The summed E-state index contributed by atoms with van der Waals surface area (Å²) in [6.07, 6.45) is 3.18. The van der Waals surface area contributed by atoms with Crippen molar-refractivity contribution in [3.8, 4) is 0 Å². The highest BCUT2D eigenvalue weighted by atomic mass is 79.9. The van der Waals surface area contributed by atoms with E-state index in [0.717, 1.165) is 11.3 Å². The van der Waals surface area contributed by atoms with Gasteiger partial charge in [-0.15, -0.1) is 0 Å². The van der Waals surface area contributed by atoms with Crippen molar-refractivity contribution in [2.24, 2.45) is 0 Å². The van der Waals surface area contributed by atoms with Crippen LogP contribution in [0.2, 0.25) is 0 Å². The number of halogens is 2. The topological polar surface area (TPSA) is 42.9 Å². The van der Waals surface area contributed by atoms with Gasteiger partial charge < -0.3 is 0 Å². The molecule has 0 aliphatic heterocycles. The monoisotopic (exact) mass is 308 g/mol. The second-order valence-corrected chi connectivity index (χ2v) is 4.75. The first kappa shape index (κ1) is 12.8. The molecule has 0 radical (unpaired) electrons. The minimum Gasteiger partial charge on any atom is -0.292 e. The third kappa shape index (κ3) is 2.98. The van der Waals surface area contributed by atoms with E-state index < -0.39 is 0 Å². The second kappa shape index (κ2) is 5.35. The Hall–Kier alpha value is -1.62. The summed E-state index contributed by atoms with van der Waals surface area (Å²) < 4.78 is 13.4. The molecule has 0 aliphatic rings. The minimum absolute atomic E-state index is 0.138. The summed E-state index contributed by atoms with van der Waals surface area (Å²) in [5, 5.41) is 0. The molecule has 2 rings (SSSR count). The van der Waals surface area contributed by atoms with Crippen LogP contribution in [-0.2, 0) is 6.42 Å². The van der Waals surface area contributed by atoms with Gasteiger partial charge in [0.25, 0.3) is 0 Å². The Bertz CT molecular complexity index is 584. The molecule has 1 heterocycles. The first-order chi connectivity index (χ1) is 8.56. The number of carbonyl (C=O) groups excluding carboxylic acids is 1. The number of carbonyl (C=O) groups is 1. The summed E-state index contributed by atoms with van der Waals surface area (Å²) in [4.78, 5) is 19.9. The third-order valence-corrected chi connectivity index (χ3v) is 3.02. The standard InChI is InChI=1S/C13H10BrFN2O/c1-8-6-17-12(7-16-8)13(18)5-9-2-3-11(15)10(14)4-9/h2-4,6-7H,5H2,1H3. The van der Waals surface area contributed by atoms with Crippen LogP contribution in [0.3, 0.4) is 0 Å². The van der Waals surface area contributed by atoms with Crippen molar-refractivity contribution in [2.75, 3.05) is 0 Å². The average Bonchev–Trinajstić information content (AvgIpc) is 2.34. The van der Waals surface area contributed by atoms with Crippen LogP contribution in [0.5, 0.6) is 0 Å². The Morgan fingerprint density at radius 2 is 2.11 bits per heavy atom. The number of aryl methyl sites for hydroxylation is 1. The zero-order valence-corrected chi connectivity index (χ0v) is 11.2. The molecule has 1 aromatic heterocycles. The second-order valence-electron chi connectivity index (χ2n) is 3.89. The molecule has 0 saturated heterocycles. The van der Waals surface area contributed by atoms with E-state index in [0.29, 0.717) is 10.2 Å². The molecule has 0 fully saturated rings. The summed E-state index contributed by atoms with van der Waals surface area (Å²) in [7, 11) is 0. The van der Waals surface area contributed by atoms with Gasteiger partial charge in [0.05, 0.1) is 16.4 Å². The number of nitrogens with zero attached hydrogens (tertiary/aromatic N) is 2. The maximum absolute atomic E-state index is 13.0. The minimum atomic E-state index is -0.346. The maximum Gasteiger partial charge on any atom is 0.187 e. The molecule has 0 amide bonds. The van der Waals surface area contributed by atoms with E-state index >= 15 is 0 Å². The van der Waals surface area contributed by atoms with E-state index in [1.54, 1.807) is 25.3 Å². The van der Waals surface area contributed by atoms with Crippen molar-refractivity contribution in [1.82, 2.24) is 9.97 Å². The summed E-state index contributed by atoms with van der Waals surface area (Å²) >= 11 is 3.09. The molecule has 0 bridgehead atoms. The fourth-order valence-electron chi connectivity index (χ4n) is 1.46. The SMILES string of the molecule is Cc1cnc(C(=O)Cc2ccc(F)c(Br)c2)cn1. The lowest BCUT2D eigenvalue weighted by atomic mass is 10.1. The first-order valence-electron chi connectivity index (χ1n) is 5.32. The maximum atomic E-state index is 13.0. The van der Waals surface area contributed by atoms with Gasteiger partial charge in [-0.25, -0.2) is 9.37 Å². The number of hydrogen-bond acceptors (Lipinski definition) is 3. The third-order valence-electron chi connectivity index (χ3n) is 2.42. The lowest BCUT2D eigenvalue weighted by molar-refractivity contribution is 0.0988. The Kier molecular flexibility index (Phi) is 3.81. The summed E-state index contributed by atoms with van der Waals surface area (Å²) in [6.45, 7) is 1.80. The molecule has 0 N–H and O–H groups in total. The van der Waals surface area contributed by atoms with Gasteiger partial charge in [-0.1, -0.05) is 6.07 Å². The Morgan fingerprint density at radius 3 is 2.72 bits per heavy atom. The van der Waals surface area contributed by atoms with Gasteiger partial charge in [0, 0.05) is 12.6 Å². The molecular weight excluding hydrogens is 299 g/mol. The van der Waals surface area contributed by atoms with Crippen molar-refractivity contribution < 1.29 is 9.18 Å². The lowest BCUT2D eigenvalue weighted by Crippen LogP contribution is -2.07. The highest BCUT2D eigenvalue weighted by Gasteiger charge is 2.10. The van der Waals surface area contributed by atoms with Crippen LogP contribution in [0.15, 0.2) is 35.1 Å². The van der Waals surface area contributed by atoms with Crippen LogP contribution >= 0.6 is 15.9 Å². The van der Waals surface area contributed by atoms with E-state index in [2.05, 4.69) is 25.9 Å². The molecule has 2 aromatic rings. The highest BCUT2D eigenvalue weighted by Crippen LogP contribution is 2.17. The quantitative estimate of drug-likeness (QED) is 0.818. The predicted octanol–water partition coefficient (Wildman–Crippen LogP) is 3.11. The van der Waals surface area contributed by atoms with Crippen LogP contribution in [-0.4, -0.2) is 15.8 Å². The van der Waals surface area contributed by atoms with Crippen LogP contribution in [0.1, 0.15) is 21.7 Å². The van der Waals surface area contributed by atoms with E-state index in [1.165, 1.54) is 12.3 Å². The van der Waals surface area contributed by atoms with Gasteiger partial charge >= 0.3 is 0 Å². The van der Waals surface area contributed by atoms with Crippen molar-refractivity contribution in [3.63, 3.8) is 0 Å². The molecule has 1 aromatic carbocycles. The van der Waals surface area contributed by atoms with E-state index in [1.807, 2.05) is 0 Å². The molecule has 5 heteroatoms. The average molecular weight is 309 g/mol. The van der Waals surface area contributed by atoms with Crippen LogP contribution in [0.25, 0.3) is 0 Å². The van der Waals surface area contributed by atoms with Gasteiger partial charge in [0.1, 0.15) is 11.5 Å².